The predicted octanol–water partition coefficient (Wildman–Crippen LogP) is 1.60. The average Bonchev–Trinajstić information content (AvgIpc) is 2.55. The lowest BCUT2D eigenvalue weighted by Gasteiger charge is -2.07. The Balaban J connectivity index is 1.86. The molecule has 0 atom stereocenters. The summed E-state index contributed by atoms with van der Waals surface area (Å²) in [6, 6.07) is 6.17. The normalized spacial score (nSPS) is 10.3. The van der Waals surface area contributed by atoms with Crippen molar-refractivity contribution in [1.82, 2.24) is 15.3 Å². The molecule has 0 aliphatic heterocycles. The average molecular weight is 304 g/mol. The van der Waals surface area contributed by atoms with Crippen molar-refractivity contribution in [3.05, 3.63) is 53.7 Å². The summed E-state index contributed by atoms with van der Waals surface area (Å²) < 4.78 is 17.6. The lowest BCUT2D eigenvalue weighted by molar-refractivity contribution is 0.0932. The zero-order valence-corrected chi connectivity index (χ0v) is 12.2. The second-order valence-electron chi connectivity index (χ2n) is 4.52. The molecule has 22 heavy (non-hydrogen) atoms. The number of methoxy groups -OCH3 is 1. The van der Waals surface area contributed by atoms with Crippen LogP contribution in [0.3, 0.4) is 0 Å². The number of hydrogen-bond donors (Lipinski definition) is 2. The van der Waals surface area contributed by atoms with Crippen LogP contribution in [0.25, 0.3) is 0 Å². The van der Waals surface area contributed by atoms with Crippen molar-refractivity contribution in [3.8, 4) is 0 Å². The van der Waals surface area contributed by atoms with E-state index >= 15 is 0 Å². The standard InChI is InChI=1S/C15H17FN4O2/c1-22-7-6-17-15(21)13-9-20-14(10-18-13)19-8-11-2-4-12(16)5-3-11/h2-5,9-10H,6-8H2,1H3,(H,17,21)(H,19,20). The highest BCUT2D eigenvalue weighted by atomic mass is 19.1. The number of rotatable bonds is 7. The second-order valence-corrected chi connectivity index (χ2v) is 4.52. The Hall–Kier alpha value is -2.54. The van der Waals surface area contributed by atoms with Gasteiger partial charge in [0.2, 0.25) is 0 Å². The Labute approximate surface area is 127 Å². The van der Waals surface area contributed by atoms with E-state index in [-0.39, 0.29) is 17.4 Å². The largest absolute Gasteiger partial charge is 0.383 e. The molecule has 1 aromatic heterocycles. The first kappa shape index (κ1) is 15.8. The Bertz CT molecular complexity index is 602. The molecule has 0 aliphatic rings. The van der Waals surface area contributed by atoms with E-state index in [1.807, 2.05) is 0 Å². The van der Waals surface area contributed by atoms with Crippen LogP contribution in [-0.4, -0.2) is 36.1 Å². The number of nitrogens with zero attached hydrogens (tertiary/aromatic N) is 2. The first-order chi connectivity index (χ1) is 10.7. The lowest BCUT2D eigenvalue weighted by atomic mass is 10.2. The summed E-state index contributed by atoms with van der Waals surface area (Å²) in [4.78, 5) is 19.9. The number of aromatic nitrogens is 2. The molecule has 2 rings (SSSR count). The summed E-state index contributed by atoms with van der Waals surface area (Å²) in [5.74, 6) is -0.0280. The van der Waals surface area contributed by atoms with Gasteiger partial charge in [-0.25, -0.2) is 14.4 Å². The van der Waals surface area contributed by atoms with Crippen molar-refractivity contribution in [2.45, 2.75) is 6.54 Å². The molecule has 1 aromatic carbocycles. The zero-order valence-electron chi connectivity index (χ0n) is 12.2. The van der Waals surface area contributed by atoms with E-state index in [1.54, 1.807) is 19.2 Å². The van der Waals surface area contributed by atoms with E-state index in [4.69, 9.17) is 4.74 Å². The Morgan fingerprint density at radius 1 is 1.23 bits per heavy atom. The van der Waals surface area contributed by atoms with Crippen molar-refractivity contribution in [1.29, 1.82) is 0 Å². The van der Waals surface area contributed by atoms with Gasteiger partial charge in [-0.05, 0) is 17.7 Å². The maximum Gasteiger partial charge on any atom is 0.271 e. The van der Waals surface area contributed by atoms with E-state index < -0.39 is 0 Å². The molecule has 2 aromatic rings. The van der Waals surface area contributed by atoms with Crippen LogP contribution in [0.1, 0.15) is 16.1 Å². The fraction of sp³-hybridized carbons (Fsp3) is 0.267. The Morgan fingerprint density at radius 3 is 2.64 bits per heavy atom. The molecule has 0 unspecified atom stereocenters. The molecule has 0 saturated heterocycles. The number of ether oxygens (including phenoxy) is 1. The molecular formula is C15H17FN4O2. The van der Waals surface area contributed by atoms with E-state index in [2.05, 4.69) is 20.6 Å². The number of benzene rings is 1. The zero-order chi connectivity index (χ0) is 15.8. The third kappa shape index (κ3) is 4.78. The molecule has 0 spiro atoms. The molecule has 6 nitrogen and oxygen atoms in total. The van der Waals surface area contributed by atoms with Gasteiger partial charge in [0.15, 0.2) is 0 Å². The lowest BCUT2D eigenvalue weighted by Crippen LogP contribution is -2.27. The SMILES string of the molecule is COCCNC(=O)c1cnc(NCc2ccc(F)cc2)cn1. The molecule has 0 bridgehead atoms. The summed E-state index contributed by atoms with van der Waals surface area (Å²) in [6.45, 7) is 1.35. The van der Waals surface area contributed by atoms with Crippen LogP contribution in [0.2, 0.25) is 0 Å². The molecule has 0 radical (unpaired) electrons. The van der Waals surface area contributed by atoms with Gasteiger partial charge in [0.05, 0.1) is 19.0 Å². The van der Waals surface area contributed by atoms with Crippen molar-refractivity contribution < 1.29 is 13.9 Å². The van der Waals surface area contributed by atoms with Crippen LogP contribution in [0.4, 0.5) is 10.2 Å². The van der Waals surface area contributed by atoms with Crippen LogP contribution < -0.4 is 10.6 Å². The van der Waals surface area contributed by atoms with E-state index in [0.29, 0.717) is 25.5 Å². The highest BCUT2D eigenvalue weighted by molar-refractivity contribution is 5.91. The maximum atomic E-state index is 12.8. The predicted molar refractivity (Wildman–Crippen MR) is 80.0 cm³/mol. The highest BCUT2D eigenvalue weighted by Gasteiger charge is 2.07. The number of halogens is 1. The first-order valence-corrected chi connectivity index (χ1v) is 6.76. The van der Waals surface area contributed by atoms with Crippen molar-refractivity contribution in [3.63, 3.8) is 0 Å². The smallest absolute Gasteiger partial charge is 0.271 e. The Morgan fingerprint density at radius 2 is 2.00 bits per heavy atom. The quantitative estimate of drug-likeness (QED) is 0.760. The molecule has 0 fully saturated rings. The van der Waals surface area contributed by atoms with Gasteiger partial charge in [0, 0.05) is 20.2 Å². The minimum absolute atomic E-state index is 0.239. The van der Waals surface area contributed by atoms with E-state index in [0.717, 1.165) is 5.56 Å². The maximum absolute atomic E-state index is 12.8. The number of nitrogens with one attached hydrogen (secondary N) is 2. The fourth-order valence-electron chi connectivity index (χ4n) is 1.69. The van der Waals surface area contributed by atoms with E-state index in [9.17, 15) is 9.18 Å². The molecule has 1 heterocycles. The van der Waals surface area contributed by atoms with Gasteiger partial charge in [-0.1, -0.05) is 12.1 Å². The summed E-state index contributed by atoms with van der Waals surface area (Å²) in [5.41, 5.74) is 1.16. The molecule has 1 amide bonds. The van der Waals surface area contributed by atoms with Crippen molar-refractivity contribution in [2.75, 3.05) is 25.6 Å². The fourth-order valence-corrected chi connectivity index (χ4v) is 1.69. The molecule has 2 N–H and O–H groups in total. The summed E-state index contributed by atoms with van der Waals surface area (Å²) in [7, 11) is 1.56. The van der Waals surface area contributed by atoms with Crippen molar-refractivity contribution >= 4 is 11.7 Å². The first-order valence-electron chi connectivity index (χ1n) is 6.76. The molecular weight excluding hydrogens is 287 g/mol. The summed E-state index contributed by atoms with van der Waals surface area (Å²) in [6.07, 6.45) is 2.88. The van der Waals surface area contributed by atoms with Crippen LogP contribution in [0, 0.1) is 5.82 Å². The highest BCUT2D eigenvalue weighted by Crippen LogP contribution is 2.07. The van der Waals surface area contributed by atoms with Gasteiger partial charge < -0.3 is 15.4 Å². The topological polar surface area (TPSA) is 76.1 Å². The second kappa shape index (κ2) is 8.04. The van der Waals surface area contributed by atoms with Gasteiger partial charge in [-0.3, -0.25) is 4.79 Å². The molecule has 7 heteroatoms. The number of carbonyl (C=O) groups is 1. The van der Waals surface area contributed by atoms with E-state index in [1.165, 1.54) is 24.5 Å². The number of hydrogen-bond acceptors (Lipinski definition) is 5. The van der Waals surface area contributed by atoms with Gasteiger partial charge in [0.25, 0.3) is 5.91 Å². The van der Waals surface area contributed by atoms with Gasteiger partial charge in [0.1, 0.15) is 17.3 Å². The number of carbonyl (C=O) groups excluding carboxylic acids is 1. The third-order valence-electron chi connectivity index (χ3n) is 2.86. The van der Waals surface area contributed by atoms with Crippen LogP contribution in [0.15, 0.2) is 36.7 Å². The van der Waals surface area contributed by atoms with Crippen LogP contribution in [-0.2, 0) is 11.3 Å². The monoisotopic (exact) mass is 304 g/mol. The Kier molecular flexibility index (Phi) is 5.79. The molecule has 116 valence electrons. The number of anilines is 1. The number of amides is 1. The summed E-state index contributed by atoms with van der Waals surface area (Å²) in [5, 5.41) is 5.71. The molecule has 0 saturated carbocycles. The third-order valence-corrected chi connectivity index (χ3v) is 2.86. The van der Waals surface area contributed by atoms with Gasteiger partial charge in [-0.15, -0.1) is 0 Å². The van der Waals surface area contributed by atoms with Crippen LogP contribution in [0.5, 0.6) is 0 Å². The molecule has 0 aliphatic carbocycles. The minimum Gasteiger partial charge on any atom is -0.383 e. The summed E-state index contributed by atoms with van der Waals surface area (Å²) >= 11 is 0. The minimum atomic E-state index is -0.297. The van der Waals surface area contributed by atoms with Gasteiger partial charge in [-0.2, -0.15) is 0 Å². The van der Waals surface area contributed by atoms with Crippen LogP contribution >= 0.6 is 0 Å². The van der Waals surface area contributed by atoms with Gasteiger partial charge >= 0.3 is 0 Å². The van der Waals surface area contributed by atoms with Crippen molar-refractivity contribution in [2.24, 2.45) is 0 Å².